The molecule has 0 amide bonds. The van der Waals surface area contributed by atoms with E-state index in [4.69, 9.17) is 0 Å². The lowest BCUT2D eigenvalue weighted by Crippen LogP contribution is -2.42. The highest BCUT2D eigenvalue weighted by Gasteiger charge is 2.35. The molecule has 4 aromatic rings. The fraction of sp³-hybridized carbons (Fsp3) is 0.333. The second kappa shape index (κ2) is 9.46. The van der Waals surface area contributed by atoms with Crippen LogP contribution in [0.5, 0.6) is 0 Å². The van der Waals surface area contributed by atoms with Crippen LogP contribution >= 0.6 is 0 Å². The maximum Gasteiger partial charge on any atom is 0.266 e. The lowest BCUT2D eigenvalue weighted by atomic mass is 9.83. The van der Waals surface area contributed by atoms with E-state index in [1.807, 2.05) is 37.5 Å². The van der Waals surface area contributed by atoms with Crippen molar-refractivity contribution in [1.29, 1.82) is 0 Å². The summed E-state index contributed by atoms with van der Waals surface area (Å²) >= 11 is 0. The summed E-state index contributed by atoms with van der Waals surface area (Å²) in [6, 6.07) is 12.9. The minimum Gasteiger partial charge on any atom is -0.385 e. The van der Waals surface area contributed by atoms with E-state index in [0.717, 1.165) is 22.8 Å². The number of piperidine rings is 1. The first-order chi connectivity index (χ1) is 17.2. The molecule has 0 bridgehead atoms. The zero-order valence-electron chi connectivity index (χ0n) is 20.1. The van der Waals surface area contributed by atoms with Crippen molar-refractivity contribution in [2.24, 2.45) is 7.05 Å². The van der Waals surface area contributed by atoms with E-state index >= 15 is 0 Å². The summed E-state index contributed by atoms with van der Waals surface area (Å²) in [4.78, 5) is 6.59. The number of aromatic nitrogens is 3. The molecule has 0 spiro atoms. The number of anilines is 2. The Labute approximate surface area is 207 Å². The number of halogens is 3. The minimum absolute atomic E-state index is 0.162. The SMILES string of the molecule is C[C@@H](Nc1ccnc2ccc(C3(O)CCN(c4ccn(C)n4)CC3)cc12)c1cccc(C(F)F)c1F. The van der Waals surface area contributed by atoms with Crippen molar-refractivity contribution < 1.29 is 18.3 Å². The third kappa shape index (κ3) is 4.51. The number of aliphatic hydroxyl groups is 1. The van der Waals surface area contributed by atoms with E-state index in [9.17, 15) is 18.3 Å². The molecule has 1 saturated heterocycles. The monoisotopic (exact) mass is 495 g/mol. The van der Waals surface area contributed by atoms with Gasteiger partial charge in [-0.1, -0.05) is 24.3 Å². The number of rotatable bonds is 6. The van der Waals surface area contributed by atoms with Gasteiger partial charge in [0.05, 0.1) is 22.7 Å². The summed E-state index contributed by atoms with van der Waals surface area (Å²) in [7, 11) is 1.88. The summed E-state index contributed by atoms with van der Waals surface area (Å²) in [6.07, 6.45) is 1.74. The van der Waals surface area contributed by atoms with E-state index in [1.54, 1.807) is 23.9 Å². The van der Waals surface area contributed by atoms with Gasteiger partial charge >= 0.3 is 0 Å². The molecular weight excluding hydrogens is 467 g/mol. The Hall–Kier alpha value is -3.59. The van der Waals surface area contributed by atoms with E-state index in [-0.39, 0.29) is 5.56 Å². The molecule has 188 valence electrons. The van der Waals surface area contributed by atoms with Gasteiger partial charge in [-0.25, -0.2) is 13.2 Å². The average molecular weight is 496 g/mol. The number of benzene rings is 2. The van der Waals surface area contributed by atoms with Crippen molar-refractivity contribution in [3.8, 4) is 0 Å². The summed E-state index contributed by atoms with van der Waals surface area (Å²) in [5.41, 5.74) is 0.732. The van der Waals surface area contributed by atoms with Crippen LogP contribution in [-0.2, 0) is 12.6 Å². The predicted octanol–water partition coefficient (Wildman–Crippen LogP) is 5.71. The molecular formula is C27H28F3N5O. The normalized spacial score (nSPS) is 16.5. The molecule has 3 heterocycles. The highest BCUT2D eigenvalue weighted by molar-refractivity contribution is 5.91. The Balaban J connectivity index is 1.40. The van der Waals surface area contributed by atoms with Crippen molar-refractivity contribution in [2.45, 2.75) is 37.8 Å². The minimum atomic E-state index is -2.88. The molecule has 0 unspecified atom stereocenters. The van der Waals surface area contributed by atoms with E-state index in [0.29, 0.717) is 37.1 Å². The van der Waals surface area contributed by atoms with Gasteiger partial charge in [-0.15, -0.1) is 0 Å². The first-order valence-corrected chi connectivity index (χ1v) is 11.9. The second-order valence-corrected chi connectivity index (χ2v) is 9.37. The van der Waals surface area contributed by atoms with E-state index in [1.165, 1.54) is 12.1 Å². The Morgan fingerprint density at radius 2 is 1.81 bits per heavy atom. The number of alkyl halides is 2. The first kappa shape index (κ1) is 24.1. The summed E-state index contributed by atoms with van der Waals surface area (Å²) in [5, 5.41) is 20.0. The quantitative estimate of drug-likeness (QED) is 0.359. The Kier molecular flexibility index (Phi) is 6.34. The van der Waals surface area contributed by atoms with Crippen molar-refractivity contribution in [2.75, 3.05) is 23.3 Å². The van der Waals surface area contributed by atoms with Gasteiger partial charge in [0.25, 0.3) is 6.43 Å². The molecule has 1 aliphatic heterocycles. The Morgan fingerprint density at radius 1 is 1.06 bits per heavy atom. The molecule has 1 fully saturated rings. The lowest BCUT2D eigenvalue weighted by molar-refractivity contribution is 0.0118. The summed E-state index contributed by atoms with van der Waals surface area (Å²) < 4.78 is 42.9. The van der Waals surface area contributed by atoms with E-state index in [2.05, 4.69) is 20.3 Å². The van der Waals surface area contributed by atoms with Crippen LogP contribution < -0.4 is 10.2 Å². The second-order valence-electron chi connectivity index (χ2n) is 9.37. The molecule has 2 aromatic heterocycles. The molecule has 2 aromatic carbocycles. The Bertz CT molecular complexity index is 1380. The molecule has 6 nitrogen and oxygen atoms in total. The summed E-state index contributed by atoms with van der Waals surface area (Å²) in [5.74, 6) is -0.00796. The van der Waals surface area contributed by atoms with Crippen LogP contribution in [0.2, 0.25) is 0 Å². The largest absolute Gasteiger partial charge is 0.385 e. The van der Waals surface area contributed by atoms with Crippen LogP contribution in [0.1, 0.15) is 48.9 Å². The number of hydrogen-bond donors (Lipinski definition) is 2. The molecule has 2 N–H and O–H groups in total. The number of pyridine rings is 1. The van der Waals surface area contributed by atoms with Crippen molar-refractivity contribution in [3.63, 3.8) is 0 Å². The fourth-order valence-corrected chi connectivity index (χ4v) is 4.91. The highest BCUT2D eigenvalue weighted by atomic mass is 19.3. The fourth-order valence-electron chi connectivity index (χ4n) is 4.91. The van der Waals surface area contributed by atoms with Gasteiger partial charge < -0.3 is 15.3 Å². The molecule has 0 aliphatic carbocycles. The molecule has 1 atom stereocenters. The standard InChI is InChI=1S/C27H28F3N5O/c1-17(19-4-3-5-20(25(19)28)26(29)30)32-23-8-12-31-22-7-6-18(16-21(22)23)27(36)10-14-35(15-11-27)24-9-13-34(2)33-24/h3-9,12-13,16-17,26,36H,10-11,14-15H2,1-2H3,(H,31,32)/t17-/m1/s1. The number of fused-ring (bicyclic) bond motifs is 1. The number of aryl methyl sites for hydroxylation is 1. The average Bonchev–Trinajstić information content (AvgIpc) is 3.30. The number of nitrogens with one attached hydrogen (secondary N) is 1. The lowest BCUT2D eigenvalue weighted by Gasteiger charge is -2.38. The molecule has 36 heavy (non-hydrogen) atoms. The van der Waals surface area contributed by atoms with Crippen LogP contribution in [0.15, 0.2) is 60.9 Å². The van der Waals surface area contributed by atoms with Crippen LogP contribution in [-0.4, -0.2) is 33.0 Å². The zero-order chi connectivity index (χ0) is 25.4. The zero-order valence-corrected chi connectivity index (χ0v) is 20.1. The number of hydrogen-bond acceptors (Lipinski definition) is 5. The summed E-state index contributed by atoms with van der Waals surface area (Å²) in [6.45, 7) is 3.06. The third-order valence-electron chi connectivity index (χ3n) is 7.03. The van der Waals surface area contributed by atoms with Gasteiger partial charge in [0, 0.05) is 55.2 Å². The van der Waals surface area contributed by atoms with Crippen LogP contribution in [0.3, 0.4) is 0 Å². The van der Waals surface area contributed by atoms with Gasteiger partial charge in [-0.05, 0) is 43.5 Å². The molecule has 9 heteroatoms. The smallest absolute Gasteiger partial charge is 0.266 e. The van der Waals surface area contributed by atoms with Crippen molar-refractivity contribution in [3.05, 3.63) is 83.4 Å². The maximum absolute atomic E-state index is 14.7. The van der Waals surface area contributed by atoms with Gasteiger partial charge in [0.1, 0.15) is 5.82 Å². The topological polar surface area (TPSA) is 66.2 Å². The van der Waals surface area contributed by atoms with Crippen LogP contribution in [0.4, 0.5) is 24.7 Å². The van der Waals surface area contributed by atoms with Crippen molar-refractivity contribution in [1.82, 2.24) is 14.8 Å². The number of nitrogens with zero attached hydrogens (tertiary/aromatic N) is 4. The molecule has 0 radical (unpaired) electrons. The highest BCUT2D eigenvalue weighted by Crippen LogP contribution is 2.37. The van der Waals surface area contributed by atoms with Gasteiger partial charge in [-0.3, -0.25) is 9.67 Å². The van der Waals surface area contributed by atoms with Crippen molar-refractivity contribution >= 4 is 22.4 Å². The maximum atomic E-state index is 14.7. The van der Waals surface area contributed by atoms with Gasteiger partial charge in [-0.2, -0.15) is 5.10 Å². The Morgan fingerprint density at radius 3 is 2.50 bits per heavy atom. The third-order valence-corrected chi connectivity index (χ3v) is 7.03. The molecule has 1 aliphatic rings. The van der Waals surface area contributed by atoms with Crippen LogP contribution in [0.25, 0.3) is 10.9 Å². The molecule has 5 rings (SSSR count). The van der Waals surface area contributed by atoms with Gasteiger partial charge in [0.15, 0.2) is 5.82 Å². The molecule has 0 saturated carbocycles. The first-order valence-electron chi connectivity index (χ1n) is 11.9. The van der Waals surface area contributed by atoms with Gasteiger partial charge in [0.2, 0.25) is 0 Å². The van der Waals surface area contributed by atoms with Crippen LogP contribution in [0, 0.1) is 5.82 Å². The van der Waals surface area contributed by atoms with E-state index < -0.39 is 29.4 Å². The predicted molar refractivity (Wildman–Crippen MR) is 134 cm³/mol.